The van der Waals surface area contributed by atoms with Crippen molar-refractivity contribution in [3.05, 3.63) is 92.6 Å². The Balaban J connectivity index is 1.92. The highest BCUT2D eigenvalue weighted by Crippen LogP contribution is 2.40. The maximum Gasteiger partial charge on any atom is 0.159 e. The summed E-state index contributed by atoms with van der Waals surface area (Å²) in [4.78, 5) is 28.7. The number of carbonyl (C=O) groups is 2. The van der Waals surface area contributed by atoms with Gasteiger partial charge in [0.1, 0.15) is 5.75 Å². The molecule has 1 aliphatic carbocycles. The summed E-state index contributed by atoms with van der Waals surface area (Å²) in [7, 11) is 1.62. The molecule has 0 radical (unpaired) electrons. The van der Waals surface area contributed by atoms with Crippen LogP contribution in [-0.2, 0) is 4.79 Å². The quantitative estimate of drug-likeness (QED) is 0.251. The highest BCUT2D eigenvalue weighted by atomic mass is 127. The second kappa shape index (κ2) is 8.36. The van der Waals surface area contributed by atoms with Crippen LogP contribution in [0.15, 0.2) is 71.7 Å². The van der Waals surface area contributed by atoms with Gasteiger partial charge in [0.05, 0.1) is 18.5 Å². The Morgan fingerprint density at radius 3 is 2.27 bits per heavy atom. The average molecular weight is 507 g/mol. The summed E-state index contributed by atoms with van der Waals surface area (Å²) in [5.41, 5.74) is 6.14. The van der Waals surface area contributed by atoms with E-state index in [1.165, 1.54) is 6.92 Å². The first kappa shape index (κ1) is 20.2. The van der Waals surface area contributed by atoms with Crippen LogP contribution in [0.2, 0.25) is 0 Å². The normalized spacial score (nSPS) is 14.0. The summed E-state index contributed by atoms with van der Waals surface area (Å²) in [5, 5.41) is 0. The predicted octanol–water partition coefficient (Wildman–Crippen LogP) is 5.75. The van der Waals surface area contributed by atoms with Crippen LogP contribution < -0.4 is 4.74 Å². The van der Waals surface area contributed by atoms with Crippen molar-refractivity contribution in [3.63, 3.8) is 0 Å². The molecule has 0 N–H and O–H groups in total. The predicted molar refractivity (Wildman–Crippen MR) is 128 cm³/mol. The van der Waals surface area contributed by atoms with E-state index in [1.807, 2.05) is 54.6 Å². The molecule has 3 aromatic carbocycles. The first-order valence-corrected chi connectivity index (χ1v) is 10.4. The van der Waals surface area contributed by atoms with Gasteiger partial charge >= 0.3 is 0 Å². The van der Waals surface area contributed by atoms with Crippen molar-refractivity contribution in [2.75, 3.05) is 7.11 Å². The van der Waals surface area contributed by atoms with Gasteiger partial charge in [0.2, 0.25) is 0 Å². The number of ether oxygens (including phenoxy) is 1. The van der Waals surface area contributed by atoms with Crippen LogP contribution in [0.4, 0.5) is 5.69 Å². The molecule has 0 heterocycles. The zero-order valence-electron chi connectivity index (χ0n) is 16.5. The number of Topliss-reactive ketones (excluding diaryl/α,β-unsaturated/α-hetero) is 1. The maximum atomic E-state index is 12.1. The van der Waals surface area contributed by atoms with Gasteiger partial charge in [0.25, 0.3) is 0 Å². The molecule has 4 rings (SSSR count). The van der Waals surface area contributed by atoms with E-state index in [0.717, 1.165) is 49.3 Å². The number of allylic oxidation sites excluding steroid dienone is 2. The monoisotopic (exact) mass is 507 g/mol. The molecule has 0 saturated carbocycles. The van der Waals surface area contributed by atoms with Gasteiger partial charge in [-0.15, -0.1) is 0 Å². The largest absolute Gasteiger partial charge is 0.497 e. The van der Waals surface area contributed by atoms with E-state index in [1.54, 1.807) is 19.2 Å². The van der Waals surface area contributed by atoms with Crippen molar-refractivity contribution < 1.29 is 14.3 Å². The number of halogens is 1. The second-order valence-electron chi connectivity index (χ2n) is 6.89. The summed E-state index contributed by atoms with van der Waals surface area (Å²) < 4.78 is 6.28. The molecule has 5 heteroatoms. The van der Waals surface area contributed by atoms with Gasteiger partial charge in [0, 0.05) is 25.8 Å². The Morgan fingerprint density at radius 2 is 1.67 bits per heavy atom. The van der Waals surface area contributed by atoms with Crippen molar-refractivity contribution >= 4 is 57.2 Å². The third-order valence-corrected chi connectivity index (χ3v) is 5.72. The van der Waals surface area contributed by atoms with Gasteiger partial charge in [-0.1, -0.05) is 30.3 Å². The van der Waals surface area contributed by atoms with Crippen molar-refractivity contribution in [2.24, 2.45) is 4.99 Å². The summed E-state index contributed by atoms with van der Waals surface area (Å²) in [6, 6.07) is 20.8. The lowest BCUT2D eigenvalue weighted by Crippen LogP contribution is -2.01. The molecule has 0 aromatic heterocycles. The molecule has 0 atom stereocenters. The number of methoxy groups -OCH3 is 1. The number of benzene rings is 3. The lowest BCUT2D eigenvalue weighted by atomic mass is 9.97. The molecular weight excluding hydrogens is 489 g/mol. The Labute approximate surface area is 188 Å². The number of rotatable bonds is 5. The molecule has 0 spiro atoms. The molecule has 30 heavy (non-hydrogen) atoms. The number of aldehydes is 1. The van der Waals surface area contributed by atoms with Crippen LogP contribution in [-0.4, -0.2) is 24.9 Å². The van der Waals surface area contributed by atoms with Gasteiger partial charge in [-0.3, -0.25) is 9.59 Å². The van der Waals surface area contributed by atoms with E-state index in [9.17, 15) is 9.59 Å². The molecule has 1 aliphatic rings. The zero-order chi connectivity index (χ0) is 21.3. The molecule has 0 fully saturated rings. The Kier molecular flexibility index (Phi) is 5.63. The van der Waals surface area contributed by atoms with Crippen LogP contribution in [0.25, 0.3) is 11.1 Å². The van der Waals surface area contributed by atoms with E-state index < -0.39 is 0 Å². The number of hydrogen-bond donors (Lipinski definition) is 0. The molecule has 0 unspecified atom stereocenters. The molecular formula is C25H18INO3. The number of aliphatic imine (C=N–C) groups is 1. The number of nitrogens with zero attached hydrogens (tertiary/aromatic N) is 1. The van der Waals surface area contributed by atoms with Crippen LogP contribution in [0.3, 0.4) is 0 Å². The van der Waals surface area contributed by atoms with Gasteiger partial charge in [-0.2, -0.15) is 0 Å². The van der Waals surface area contributed by atoms with E-state index in [2.05, 4.69) is 22.6 Å². The molecule has 148 valence electrons. The molecule has 0 amide bonds. The van der Waals surface area contributed by atoms with Gasteiger partial charge in [-0.05, 0) is 77.0 Å². The molecule has 0 bridgehead atoms. The lowest BCUT2D eigenvalue weighted by Gasteiger charge is -2.09. The topological polar surface area (TPSA) is 55.7 Å². The second-order valence-corrected chi connectivity index (χ2v) is 8.13. The molecule has 3 aromatic rings. The van der Waals surface area contributed by atoms with Crippen LogP contribution >= 0.6 is 22.6 Å². The Morgan fingerprint density at radius 1 is 0.967 bits per heavy atom. The number of hydrogen-bond acceptors (Lipinski definition) is 4. The SMILES string of the molecule is COc1ccc(N=C2C(c3ccc(C(C)=O)cc3)=C(C=O)c3cc(I)ccc32)cc1. The standard InChI is InChI=1S/C25H18INO3/c1-15(29)16-3-5-17(6-4-16)24-23(14-28)22-13-18(26)7-12-21(22)25(24)27-19-8-10-20(30-2)11-9-19/h3-14H,1-2H3. The van der Waals surface area contributed by atoms with Crippen LogP contribution in [0.1, 0.15) is 34.0 Å². The number of fused-ring (bicyclic) bond motifs is 1. The fraction of sp³-hybridized carbons (Fsp3) is 0.0800. The van der Waals surface area contributed by atoms with Crippen molar-refractivity contribution in [1.82, 2.24) is 0 Å². The highest BCUT2D eigenvalue weighted by molar-refractivity contribution is 14.1. The van der Waals surface area contributed by atoms with Crippen molar-refractivity contribution in [2.45, 2.75) is 6.92 Å². The smallest absolute Gasteiger partial charge is 0.159 e. The summed E-state index contributed by atoms with van der Waals surface area (Å²) in [6.07, 6.45) is 0.889. The minimum absolute atomic E-state index is 0.00234. The maximum absolute atomic E-state index is 12.1. The summed E-state index contributed by atoms with van der Waals surface area (Å²) >= 11 is 2.24. The summed E-state index contributed by atoms with van der Waals surface area (Å²) in [5.74, 6) is 0.756. The Hall–Kier alpha value is -3.06. The highest BCUT2D eigenvalue weighted by Gasteiger charge is 2.29. The van der Waals surface area contributed by atoms with Crippen LogP contribution in [0, 0.1) is 3.57 Å². The van der Waals surface area contributed by atoms with Gasteiger partial charge in [0.15, 0.2) is 12.1 Å². The fourth-order valence-corrected chi connectivity index (χ4v) is 4.02. The lowest BCUT2D eigenvalue weighted by molar-refractivity contribution is -0.103. The van der Waals surface area contributed by atoms with Gasteiger partial charge in [-0.25, -0.2) is 4.99 Å². The third kappa shape index (κ3) is 3.73. The third-order valence-electron chi connectivity index (χ3n) is 5.04. The van der Waals surface area contributed by atoms with Crippen molar-refractivity contribution in [1.29, 1.82) is 0 Å². The van der Waals surface area contributed by atoms with E-state index in [0.29, 0.717) is 11.1 Å². The van der Waals surface area contributed by atoms with Gasteiger partial charge < -0.3 is 4.74 Å². The first-order valence-electron chi connectivity index (χ1n) is 9.36. The summed E-state index contributed by atoms with van der Waals surface area (Å²) in [6.45, 7) is 1.54. The van der Waals surface area contributed by atoms with E-state index >= 15 is 0 Å². The van der Waals surface area contributed by atoms with E-state index in [4.69, 9.17) is 9.73 Å². The number of carbonyl (C=O) groups excluding carboxylic acids is 2. The molecule has 0 aliphatic heterocycles. The zero-order valence-corrected chi connectivity index (χ0v) is 18.6. The van der Waals surface area contributed by atoms with Crippen molar-refractivity contribution in [3.8, 4) is 5.75 Å². The average Bonchev–Trinajstić information content (AvgIpc) is 3.06. The van der Waals surface area contributed by atoms with Crippen LogP contribution in [0.5, 0.6) is 5.75 Å². The minimum Gasteiger partial charge on any atom is -0.497 e. The molecule has 4 nitrogen and oxygen atoms in total. The minimum atomic E-state index is 0.00234. The fourth-order valence-electron chi connectivity index (χ4n) is 3.53. The number of ketones is 1. The Bertz CT molecular complexity index is 1210. The van der Waals surface area contributed by atoms with E-state index in [-0.39, 0.29) is 5.78 Å². The molecule has 0 saturated heterocycles. The first-order chi connectivity index (χ1) is 14.5.